The largest absolute Gasteiger partial charge is 0.394 e. The van der Waals surface area contributed by atoms with Crippen LogP contribution in [0.1, 0.15) is 38.1 Å². The summed E-state index contributed by atoms with van der Waals surface area (Å²) in [5, 5.41) is 16.2. The number of fused-ring (bicyclic) bond motifs is 1. The van der Waals surface area contributed by atoms with E-state index in [1.54, 1.807) is 13.1 Å². The molecule has 3 aromatic heterocycles. The van der Waals surface area contributed by atoms with Crippen LogP contribution >= 0.6 is 0 Å². The highest BCUT2D eigenvalue weighted by Gasteiger charge is 2.14. The summed E-state index contributed by atoms with van der Waals surface area (Å²) < 4.78 is 0. The first kappa shape index (κ1) is 19.8. The Bertz CT molecular complexity index is 966. The first-order valence-electron chi connectivity index (χ1n) is 9.49. The number of H-pyrrole nitrogens is 1. The minimum Gasteiger partial charge on any atom is -0.394 e. The lowest BCUT2D eigenvalue weighted by Gasteiger charge is -2.18. The predicted molar refractivity (Wildman–Crippen MR) is 111 cm³/mol. The van der Waals surface area contributed by atoms with Crippen molar-refractivity contribution in [3.05, 3.63) is 42.5 Å². The maximum atomic E-state index is 12.4. The van der Waals surface area contributed by atoms with Crippen LogP contribution in [0.3, 0.4) is 0 Å². The van der Waals surface area contributed by atoms with E-state index in [2.05, 4.69) is 52.4 Å². The topological polar surface area (TPSA) is 103 Å². The lowest BCUT2D eigenvalue weighted by Crippen LogP contribution is -2.35. The second-order valence-corrected chi connectivity index (χ2v) is 7.52. The Kier molecular flexibility index (Phi) is 5.94. The number of pyridine rings is 2. The van der Waals surface area contributed by atoms with Gasteiger partial charge in [-0.3, -0.25) is 9.78 Å². The smallest absolute Gasteiger partial charge is 0.253 e. The number of nitrogens with zero attached hydrogens (tertiary/aromatic N) is 2. The van der Waals surface area contributed by atoms with Crippen LogP contribution < -0.4 is 10.6 Å². The summed E-state index contributed by atoms with van der Waals surface area (Å²) >= 11 is 0. The molecule has 0 saturated carbocycles. The molecule has 3 aromatic rings. The van der Waals surface area contributed by atoms with Crippen LogP contribution in [0.5, 0.6) is 0 Å². The first-order chi connectivity index (χ1) is 13.4. The van der Waals surface area contributed by atoms with Crippen molar-refractivity contribution in [3.63, 3.8) is 0 Å². The lowest BCUT2D eigenvalue weighted by molar-refractivity contribution is 0.0922. The van der Waals surface area contributed by atoms with Crippen molar-refractivity contribution in [2.24, 2.45) is 5.92 Å². The number of carbonyl (C=O) groups is 1. The standard InChI is InChI=1S/C21H27N5O2/c1-12(2)14(4)26-17-5-15(7-22-9-17)19-10-24-20-18(19)6-16(8-23-20)21(28)25-13(3)11-27/h5-10,12-14,26-27H,11H2,1-4H3,(H,23,24)(H,25,28)/t13?,14-/m0/s1. The van der Waals surface area contributed by atoms with Crippen LogP contribution in [0, 0.1) is 5.92 Å². The Balaban J connectivity index is 1.93. The molecule has 0 aliphatic rings. The molecule has 28 heavy (non-hydrogen) atoms. The van der Waals surface area contributed by atoms with Crippen molar-refractivity contribution >= 4 is 22.6 Å². The van der Waals surface area contributed by atoms with Gasteiger partial charge in [0.25, 0.3) is 5.91 Å². The molecular weight excluding hydrogens is 354 g/mol. The summed E-state index contributed by atoms with van der Waals surface area (Å²) in [5.74, 6) is 0.241. The fourth-order valence-corrected chi connectivity index (χ4v) is 2.81. The Morgan fingerprint density at radius 2 is 1.96 bits per heavy atom. The Hall–Kier alpha value is -2.93. The average Bonchev–Trinajstić information content (AvgIpc) is 3.11. The van der Waals surface area contributed by atoms with Crippen LogP contribution in [0.25, 0.3) is 22.2 Å². The van der Waals surface area contributed by atoms with Crippen LogP contribution in [-0.2, 0) is 0 Å². The molecule has 0 fully saturated rings. The Morgan fingerprint density at radius 3 is 2.68 bits per heavy atom. The highest BCUT2D eigenvalue weighted by molar-refractivity contribution is 6.01. The molecule has 7 heteroatoms. The Morgan fingerprint density at radius 1 is 1.18 bits per heavy atom. The molecule has 7 nitrogen and oxygen atoms in total. The van der Waals surface area contributed by atoms with Gasteiger partial charge in [0.05, 0.1) is 17.9 Å². The summed E-state index contributed by atoms with van der Waals surface area (Å²) in [6.07, 6.45) is 7.02. The van der Waals surface area contributed by atoms with Gasteiger partial charge < -0.3 is 20.7 Å². The summed E-state index contributed by atoms with van der Waals surface area (Å²) in [7, 11) is 0. The van der Waals surface area contributed by atoms with E-state index >= 15 is 0 Å². The number of amides is 1. The van der Waals surface area contributed by atoms with Crippen molar-refractivity contribution in [3.8, 4) is 11.1 Å². The number of carbonyl (C=O) groups excluding carboxylic acids is 1. The van der Waals surface area contributed by atoms with Crippen molar-refractivity contribution in [1.82, 2.24) is 20.3 Å². The lowest BCUT2D eigenvalue weighted by atomic mass is 10.0. The summed E-state index contributed by atoms with van der Waals surface area (Å²) in [6.45, 7) is 8.12. The molecule has 1 amide bonds. The van der Waals surface area contributed by atoms with E-state index < -0.39 is 0 Å². The Labute approximate surface area is 164 Å². The summed E-state index contributed by atoms with van der Waals surface area (Å²) in [4.78, 5) is 24.2. The van der Waals surface area contributed by atoms with E-state index in [4.69, 9.17) is 5.11 Å². The van der Waals surface area contributed by atoms with Gasteiger partial charge in [0.1, 0.15) is 5.65 Å². The predicted octanol–water partition coefficient (Wildman–Crippen LogP) is 3.19. The second-order valence-electron chi connectivity index (χ2n) is 7.52. The van der Waals surface area contributed by atoms with Gasteiger partial charge in [-0.25, -0.2) is 4.98 Å². The fraction of sp³-hybridized carbons (Fsp3) is 0.381. The number of nitrogens with one attached hydrogen (secondary N) is 3. The summed E-state index contributed by atoms with van der Waals surface area (Å²) in [6, 6.07) is 3.87. The number of aromatic amines is 1. The number of anilines is 1. The summed E-state index contributed by atoms with van der Waals surface area (Å²) in [5.41, 5.74) is 3.97. The van der Waals surface area contributed by atoms with Gasteiger partial charge in [-0.15, -0.1) is 0 Å². The van der Waals surface area contributed by atoms with Crippen molar-refractivity contribution in [2.75, 3.05) is 11.9 Å². The minimum absolute atomic E-state index is 0.114. The SMILES string of the molecule is CC(CO)NC(=O)c1cnc2[nH]cc(-c3cncc(N[C@@H](C)C(C)C)c3)c2c1. The second kappa shape index (κ2) is 8.39. The number of rotatable bonds is 7. The third-order valence-electron chi connectivity index (χ3n) is 4.89. The van der Waals surface area contributed by atoms with Crippen molar-refractivity contribution in [2.45, 2.75) is 39.8 Å². The van der Waals surface area contributed by atoms with E-state index in [-0.39, 0.29) is 18.6 Å². The number of aromatic nitrogens is 3. The van der Waals surface area contributed by atoms with E-state index in [0.717, 1.165) is 22.2 Å². The molecular formula is C21H27N5O2. The molecule has 0 radical (unpaired) electrons. The third kappa shape index (κ3) is 4.31. The molecule has 0 aliphatic carbocycles. The molecule has 0 bridgehead atoms. The number of hydrogen-bond acceptors (Lipinski definition) is 5. The molecule has 3 heterocycles. The van der Waals surface area contributed by atoms with Gasteiger partial charge >= 0.3 is 0 Å². The molecule has 0 spiro atoms. The van der Waals surface area contributed by atoms with Gasteiger partial charge in [0, 0.05) is 53.4 Å². The van der Waals surface area contributed by atoms with Gasteiger partial charge in [0.15, 0.2) is 0 Å². The van der Waals surface area contributed by atoms with Gasteiger partial charge in [0.2, 0.25) is 0 Å². The van der Waals surface area contributed by atoms with Crippen molar-refractivity contribution < 1.29 is 9.90 Å². The van der Waals surface area contributed by atoms with Gasteiger partial charge in [-0.2, -0.15) is 0 Å². The van der Waals surface area contributed by atoms with Crippen LogP contribution in [0.4, 0.5) is 5.69 Å². The maximum absolute atomic E-state index is 12.4. The first-order valence-corrected chi connectivity index (χ1v) is 9.49. The zero-order valence-corrected chi connectivity index (χ0v) is 16.7. The van der Waals surface area contributed by atoms with Gasteiger partial charge in [-0.1, -0.05) is 13.8 Å². The number of aliphatic hydroxyl groups is 1. The third-order valence-corrected chi connectivity index (χ3v) is 4.89. The zero-order valence-electron chi connectivity index (χ0n) is 16.7. The van der Waals surface area contributed by atoms with E-state index in [9.17, 15) is 4.79 Å². The highest BCUT2D eigenvalue weighted by atomic mass is 16.3. The molecule has 1 unspecified atom stereocenters. The average molecular weight is 381 g/mol. The zero-order chi connectivity index (χ0) is 20.3. The number of hydrogen-bond donors (Lipinski definition) is 4. The van der Waals surface area contributed by atoms with E-state index in [1.165, 1.54) is 6.20 Å². The molecule has 148 valence electrons. The quantitative estimate of drug-likeness (QED) is 0.503. The van der Waals surface area contributed by atoms with E-state index in [0.29, 0.717) is 23.2 Å². The molecule has 3 rings (SSSR count). The van der Waals surface area contributed by atoms with Crippen LogP contribution in [0.2, 0.25) is 0 Å². The molecule has 4 N–H and O–H groups in total. The molecule has 0 saturated heterocycles. The van der Waals surface area contributed by atoms with Crippen LogP contribution in [0.15, 0.2) is 36.9 Å². The normalized spacial score (nSPS) is 13.5. The maximum Gasteiger partial charge on any atom is 0.253 e. The molecule has 0 aliphatic heterocycles. The van der Waals surface area contributed by atoms with Crippen LogP contribution in [-0.4, -0.2) is 44.7 Å². The minimum atomic E-state index is -0.316. The van der Waals surface area contributed by atoms with E-state index in [1.807, 2.05) is 18.5 Å². The highest BCUT2D eigenvalue weighted by Crippen LogP contribution is 2.29. The number of aliphatic hydroxyl groups excluding tert-OH is 1. The molecule has 2 atom stereocenters. The fourth-order valence-electron chi connectivity index (χ4n) is 2.81. The van der Waals surface area contributed by atoms with Crippen molar-refractivity contribution in [1.29, 1.82) is 0 Å². The van der Waals surface area contributed by atoms with Gasteiger partial charge in [-0.05, 0) is 31.9 Å². The molecule has 0 aromatic carbocycles. The monoisotopic (exact) mass is 381 g/mol.